The zero-order valence-electron chi connectivity index (χ0n) is 18.3. The molecule has 1 aliphatic heterocycles. The Labute approximate surface area is 199 Å². The molecule has 1 unspecified atom stereocenters. The summed E-state index contributed by atoms with van der Waals surface area (Å²) < 4.78 is 31.7. The molecule has 10 heteroatoms. The Morgan fingerprint density at radius 1 is 1.21 bits per heavy atom. The van der Waals surface area contributed by atoms with Crippen molar-refractivity contribution in [3.8, 4) is 22.6 Å². The molecule has 6 nitrogen and oxygen atoms in total. The Hall–Kier alpha value is -3.17. The molecule has 0 spiro atoms. The topological polar surface area (TPSA) is 86.3 Å². The van der Waals surface area contributed by atoms with E-state index in [1.807, 2.05) is 30.3 Å². The van der Waals surface area contributed by atoms with Gasteiger partial charge in [0, 0.05) is 34.8 Å². The van der Waals surface area contributed by atoms with E-state index < -0.39 is 12.1 Å². The number of H-pyrrole nitrogens is 1. The van der Waals surface area contributed by atoms with Gasteiger partial charge in [0.15, 0.2) is 0 Å². The fraction of sp³-hybridized carbons (Fsp3) is 0.292. The number of carboxylic acid groups (broad SMARTS) is 1. The maximum absolute atomic E-state index is 12.2. The van der Waals surface area contributed by atoms with E-state index in [0.717, 1.165) is 24.2 Å². The highest BCUT2D eigenvalue weighted by Crippen LogP contribution is 2.27. The van der Waals surface area contributed by atoms with Crippen LogP contribution in [0.4, 0.5) is 13.2 Å². The predicted octanol–water partition coefficient (Wildman–Crippen LogP) is 5.37. The Kier molecular flexibility index (Phi) is 8.11. The second kappa shape index (κ2) is 10.8. The van der Waals surface area contributed by atoms with Crippen LogP contribution in [0.5, 0.6) is 0 Å². The van der Waals surface area contributed by atoms with Crippen LogP contribution in [0.3, 0.4) is 0 Å². The molecule has 1 fully saturated rings. The highest BCUT2D eigenvalue weighted by atomic mass is 35.5. The van der Waals surface area contributed by atoms with E-state index in [2.05, 4.69) is 33.9 Å². The smallest absolute Gasteiger partial charge is 0.475 e. The number of likely N-dealkylation sites (tertiary alicyclic amines) is 1. The van der Waals surface area contributed by atoms with Crippen molar-refractivity contribution in [3.05, 3.63) is 75.5 Å². The van der Waals surface area contributed by atoms with Gasteiger partial charge in [0.2, 0.25) is 0 Å². The van der Waals surface area contributed by atoms with E-state index in [9.17, 15) is 18.0 Å². The van der Waals surface area contributed by atoms with Crippen LogP contribution in [-0.4, -0.2) is 44.7 Å². The molecule has 3 aromatic rings. The van der Waals surface area contributed by atoms with Crippen molar-refractivity contribution in [1.82, 2.24) is 14.9 Å². The minimum atomic E-state index is -5.08. The summed E-state index contributed by atoms with van der Waals surface area (Å²) in [7, 11) is 0. The molecular weight excluding hydrogens is 471 g/mol. The molecule has 34 heavy (non-hydrogen) atoms. The molecule has 0 aliphatic carbocycles. The van der Waals surface area contributed by atoms with Crippen molar-refractivity contribution in [2.24, 2.45) is 0 Å². The van der Waals surface area contributed by atoms with Gasteiger partial charge in [-0.15, -0.1) is 0 Å². The van der Waals surface area contributed by atoms with Gasteiger partial charge >= 0.3 is 12.1 Å². The quantitative estimate of drug-likeness (QED) is 0.510. The van der Waals surface area contributed by atoms with Crippen molar-refractivity contribution in [2.75, 3.05) is 6.54 Å². The number of halogens is 4. The lowest BCUT2D eigenvalue weighted by molar-refractivity contribution is -0.192. The summed E-state index contributed by atoms with van der Waals surface area (Å²) in [6.07, 6.45) is -2.57. The van der Waals surface area contributed by atoms with E-state index in [-0.39, 0.29) is 5.56 Å². The molecule has 1 aromatic heterocycles. The summed E-state index contributed by atoms with van der Waals surface area (Å²) in [4.78, 5) is 31.1. The largest absolute Gasteiger partial charge is 0.490 e. The van der Waals surface area contributed by atoms with Gasteiger partial charge in [-0.3, -0.25) is 9.69 Å². The van der Waals surface area contributed by atoms with Crippen LogP contribution in [0.2, 0.25) is 5.02 Å². The molecule has 4 rings (SSSR count). The second-order valence-electron chi connectivity index (χ2n) is 7.92. The maximum Gasteiger partial charge on any atom is 0.490 e. The van der Waals surface area contributed by atoms with E-state index in [1.54, 1.807) is 6.07 Å². The monoisotopic (exact) mass is 493 g/mol. The average Bonchev–Trinajstić information content (AvgIpc) is 3.18. The van der Waals surface area contributed by atoms with Crippen molar-refractivity contribution < 1.29 is 23.1 Å². The third-order valence-electron chi connectivity index (χ3n) is 5.41. The van der Waals surface area contributed by atoms with Crippen molar-refractivity contribution in [3.63, 3.8) is 0 Å². The van der Waals surface area contributed by atoms with Crippen molar-refractivity contribution >= 4 is 17.6 Å². The van der Waals surface area contributed by atoms with E-state index >= 15 is 0 Å². The summed E-state index contributed by atoms with van der Waals surface area (Å²) in [5.41, 5.74) is 3.29. The number of rotatable bonds is 4. The normalized spacial score (nSPS) is 16.1. The zero-order chi connectivity index (χ0) is 24.9. The fourth-order valence-electron chi connectivity index (χ4n) is 3.68. The van der Waals surface area contributed by atoms with Crippen molar-refractivity contribution in [1.29, 1.82) is 0 Å². The number of carbonyl (C=O) groups is 1. The fourth-order valence-corrected chi connectivity index (χ4v) is 3.91. The summed E-state index contributed by atoms with van der Waals surface area (Å²) >= 11 is 6.29. The molecule has 1 saturated heterocycles. The number of alkyl halides is 3. The molecule has 0 bridgehead atoms. The Morgan fingerprint density at radius 2 is 1.91 bits per heavy atom. The van der Waals surface area contributed by atoms with E-state index in [0.29, 0.717) is 22.6 Å². The zero-order valence-corrected chi connectivity index (χ0v) is 19.0. The first kappa shape index (κ1) is 25.5. The minimum absolute atomic E-state index is 0.187. The Balaban J connectivity index is 0.000000406. The van der Waals surface area contributed by atoms with E-state index in [4.69, 9.17) is 21.5 Å². The van der Waals surface area contributed by atoms with Gasteiger partial charge in [-0.1, -0.05) is 48.0 Å². The molecule has 1 aliphatic rings. The van der Waals surface area contributed by atoms with Crippen LogP contribution in [0.25, 0.3) is 22.6 Å². The lowest BCUT2D eigenvalue weighted by Crippen LogP contribution is -2.26. The van der Waals surface area contributed by atoms with Gasteiger partial charge in [0.25, 0.3) is 5.56 Å². The van der Waals surface area contributed by atoms with Gasteiger partial charge in [0.05, 0.1) is 5.69 Å². The third kappa shape index (κ3) is 6.68. The number of nitrogens with one attached hydrogen (secondary N) is 1. The standard InChI is InChI=1S/C22H22ClN3O.C2HF3O2/c1-15-6-5-11-26(15)14-16-7-4-8-17(12-16)22-24-20(13-21(27)25-22)18-9-2-3-10-19(18)23;3-2(4,5)1(6)7/h2-4,7-10,12-13,15H,5-6,11,14H2,1H3,(H,24,25,27);(H,6,7). The number of aliphatic carboxylic acids is 1. The molecular formula is C24H23ClF3N3O3. The summed E-state index contributed by atoms with van der Waals surface area (Å²) in [6, 6.07) is 17.8. The number of benzene rings is 2. The SMILES string of the molecule is CC1CCCN1Cc1cccc(-c2nc(-c3ccccc3Cl)cc(=O)[nH]2)c1.O=C(O)C(F)(F)F. The van der Waals surface area contributed by atoms with Gasteiger partial charge < -0.3 is 10.1 Å². The van der Waals surface area contributed by atoms with Crippen LogP contribution in [0, 0.1) is 0 Å². The second-order valence-corrected chi connectivity index (χ2v) is 8.33. The van der Waals surface area contributed by atoms with E-state index in [1.165, 1.54) is 24.5 Å². The maximum atomic E-state index is 12.2. The van der Waals surface area contributed by atoms with Gasteiger partial charge in [-0.05, 0) is 44.0 Å². The number of aromatic nitrogens is 2. The summed E-state index contributed by atoms with van der Waals surface area (Å²) in [5, 5.41) is 7.71. The van der Waals surface area contributed by atoms with Gasteiger partial charge in [-0.2, -0.15) is 13.2 Å². The molecule has 2 aromatic carbocycles. The highest BCUT2D eigenvalue weighted by molar-refractivity contribution is 6.33. The van der Waals surface area contributed by atoms with Crippen LogP contribution in [-0.2, 0) is 11.3 Å². The Morgan fingerprint density at radius 3 is 2.53 bits per heavy atom. The molecule has 2 N–H and O–H groups in total. The number of hydrogen-bond donors (Lipinski definition) is 2. The first-order chi connectivity index (χ1) is 16.0. The average molecular weight is 494 g/mol. The summed E-state index contributed by atoms with van der Waals surface area (Å²) in [6.45, 7) is 4.34. The van der Waals surface area contributed by atoms with Crippen LogP contribution < -0.4 is 5.56 Å². The number of carboxylic acids is 1. The first-order valence-electron chi connectivity index (χ1n) is 10.5. The minimum Gasteiger partial charge on any atom is -0.475 e. The lowest BCUT2D eigenvalue weighted by atomic mass is 10.1. The van der Waals surface area contributed by atoms with Gasteiger partial charge in [0.1, 0.15) is 5.82 Å². The number of nitrogens with zero attached hydrogens (tertiary/aromatic N) is 2. The molecule has 1 atom stereocenters. The highest BCUT2D eigenvalue weighted by Gasteiger charge is 2.38. The van der Waals surface area contributed by atoms with Crippen LogP contribution in [0.1, 0.15) is 25.3 Å². The van der Waals surface area contributed by atoms with Crippen LogP contribution in [0.15, 0.2) is 59.4 Å². The van der Waals surface area contributed by atoms with Gasteiger partial charge in [-0.25, -0.2) is 9.78 Å². The molecule has 0 radical (unpaired) electrons. The van der Waals surface area contributed by atoms with Crippen molar-refractivity contribution in [2.45, 2.75) is 38.5 Å². The molecule has 2 heterocycles. The lowest BCUT2D eigenvalue weighted by Gasteiger charge is -2.21. The molecule has 0 saturated carbocycles. The summed E-state index contributed by atoms with van der Waals surface area (Å²) in [5.74, 6) is -2.19. The Bertz CT molecular complexity index is 1210. The first-order valence-corrected chi connectivity index (χ1v) is 10.9. The number of aromatic amines is 1. The molecule has 180 valence electrons. The molecule has 0 amide bonds. The third-order valence-corrected chi connectivity index (χ3v) is 5.74. The van der Waals surface area contributed by atoms with Crippen LogP contribution >= 0.6 is 11.6 Å². The predicted molar refractivity (Wildman–Crippen MR) is 124 cm³/mol. The number of hydrogen-bond acceptors (Lipinski definition) is 4.